The Morgan fingerprint density at radius 2 is 1.79 bits per heavy atom. The molecule has 1 saturated heterocycles. The molecule has 1 aromatic carbocycles. The first-order chi connectivity index (χ1) is 8.91. The van der Waals surface area contributed by atoms with Crippen LogP contribution in [0.4, 0.5) is 0 Å². The molecule has 0 saturated carbocycles. The van der Waals surface area contributed by atoms with E-state index >= 15 is 0 Å². The van der Waals surface area contributed by atoms with Crippen molar-refractivity contribution in [3.8, 4) is 0 Å². The standard InChI is InChI=1S/C16H24N2O/c1-10-8-11(2)15(12(3)9-10)16-13(17)6-5-7-14(19)18(16)4/h8-9,13,16H,5-7,17H2,1-4H3. The van der Waals surface area contributed by atoms with Crippen LogP contribution in [0.1, 0.15) is 47.6 Å². The maximum atomic E-state index is 12.1. The quantitative estimate of drug-likeness (QED) is 0.843. The molecule has 1 amide bonds. The Balaban J connectivity index is 2.51. The molecule has 19 heavy (non-hydrogen) atoms. The number of nitrogens with two attached hydrogens (primary N) is 1. The average Bonchev–Trinajstić information content (AvgIpc) is 2.42. The summed E-state index contributed by atoms with van der Waals surface area (Å²) in [4.78, 5) is 14.0. The number of nitrogens with zero attached hydrogens (tertiary/aromatic N) is 1. The molecule has 2 N–H and O–H groups in total. The van der Waals surface area contributed by atoms with E-state index in [0.29, 0.717) is 6.42 Å². The Morgan fingerprint density at radius 3 is 2.37 bits per heavy atom. The van der Waals surface area contributed by atoms with Crippen LogP contribution in [0.25, 0.3) is 0 Å². The van der Waals surface area contributed by atoms with Gasteiger partial charge in [-0.1, -0.05) is 17.7 Å². The van der Waals surface area contributed by atoms with E-state index in [9.17, 15) is 4.79 Å². The highest BCUT2D eigenvalue weighted by Crippen LogP contribution is 2.33. The minimum absolute atomic E-state index is 0.00981. The monoisotopic (exact) mass is 260 g/mol. The van der Waals surface area contributed by atoms with Crippen molar-refractivity contribution in [2.24, 2.45) is 5.73 Å². The number of hydrogen-bond donors (Lipinski definition) is 1. The molecule has 0 radical (unpaired) electrons. The van der Waals surface area contributed by atoms with Crippen molar-refractivity contribution < 1.29 is 4.79 Å². The lowest BCUT2D eigenvalue weighted by atomic mass is 9.88. The minimum Gasteiger partial charge on any atom is -0.337 e. The van der Waals surface area contributed by atoms with Crippen molar-refractivity contribution in [2.45, 2.75) is 52.1 Å². The van der Waals surface area contributed by atoms with Gasteiger partial charge in [-0.05, 0) is 50.3 Å². The molecule has 2 unspecified atom stereocenters. The number of benzene rings is 1. The molecule has 1 aromatic rings. The van der Waals surface area contributed by atoms with Crippen LogP contribution in [0, 0.1) is 20.8 Å². The molecule has 104 valence electrons. The highest BCUT2D eigenvalue weighted by molar-refractivity contribution is 5.77. The van der Waals surface area contributed by atoms with Gasteiger partial charge in [0.25, 0.3) is 0 Å². The summed E-state index contributed by atoms with van der Waals surface area (Å²) in [7, 11) is 1.89. The Hall–Kier alpha value is -1.35. The zero-order valence-electron chi connectivity index (χ0n) is 12.4. The lowest BCUT2D eigenvalue weighted by Gasteiger charge is -2.33. The summed E-state index contributed by atoms with van der Waals surface area (Å²) in [6.07, 6.45) is 2.42. The highest BCUT2D eigenvalue weighted by atomic mass is 16.2. The van der Waals surface area contributed by atoms with Crippen molar-refractivity contribution in [1.29, 1.82) is 0 Å². The molecule has 0 aromatic heterocycles. The van der Waals surface area contributed by atoms with Gasteiger partial charge in [0.2, 0.25) is 5.91 Å². The number of carbonyl (C=O) groups is 1. The van der Waals surface area contributed by atoms with Crippen LogP contribution in [-0.4, -0.2) is 23.9 Å². The fourth-order valence-electron chi connectivity index (χ4n) is 3.33. The summed E-state index contributed by atoms with van der Waals surface area (Å²) in [5, 5.41) is 0. The fraction of sp³-hybridized carbons (Fsp3) is 0.562. The maximum Gasteiger partial charge on any atom is 0.222 e. The molecule has 2 atom stereocenters. The third-order valence-electron chi connectivity index (χ3n) is 4.18. The second-order valence-corrected chi connectivity index (χ2v) is 5.82. The summed E-state index contributed by atoms with van der Waals surface area (Å²) < 4.78 is 0. The molecule has 2 rings (SSSR count). The van der Waals surface area contributed by atoms with Gasteiger partial charge in [0.1, 0.15) is 0 Å². The summed E-state index contributed by atoms with van der Waals surface area (Å²) in [5.41, 5.74) is 11.3. The number of amides is 1. The molecule has 1 heterocycles. The zero-order chi connectivity index (χ0) is 14.2. The number of aryl methyl sites for hydroxylation is 3. The normalized spacial score (nSPS) is 24.5. The van der Waals surface area contributed by atoms with E-state index in [1.54, 1.807) is 0 Å². The summed E-state index contributed by atoms with van der Waals surface area (Å²) in [6, 6.07) is 4.39. The molecule has 3 nitrogen and oxygen atoms in total. The number of likely N-dealkylation sites (tertiary alicyclic amines) is 1. The molecule has 0 spiro atoms. The lowest BCUT2D eigenvalue weighted by molar-refractivity contribution is -0.131. The third-order valence-corrected chi connectivity index (χ3v) is 4.18. The van der Waals surface area contributed by atoms with Gasteiger partial charge in [-0.15, -0.1) is 0 Å². The van der Waals surface area contributed by atoms with Crippen LogP contribution in [0.5, 0.6) is 0 Å². The molecule has 1 aliphatic rings. The average molecular weight is 260 g/mol. The Morgan fingerprint density at radius 1 is 1.21 bits per heavy atom. The van der Waals surface area contributed by atoms with E-state index in [2.05, 4.69) is 32.9 Å². The van der Waals surface area contributed by atoms with Gasteiger partial charge in [-0.2, -0.15) is 0 Å². The highest BCUT2D eigenvalue weighted by Gasteiger charge is 2.32. The van der Waals surface area contributed by atoms with Gasteiger partial charge in [-0.25, -0.2) is 0 Å². The minimum atomic E-state index is 0.00981. The van der Waals surface area contributed by atoms with Crippen LogP contribution < -0.4 is 5.73 Å². The zero-order valence-corrected chi connectivity index (χ0v) is 12.4. The van der Waals surface area contributed by atoms with Gasteiger partial charge in [0.05, 0.1) is 6.04 Å². The van der Waals surface area contributed by atoms with Crippen molar-refractivity contribution in [3.05, 3.63) is 34.4 Å². The van der Waals surface area contributed by atoms with Crippen molar-refractivity contribution in [1.82, 2.24) is 4.90 Å². The first-order valence-corrected chi connectivity index (χ1v) is 7.00. The lowest BCUT2D eigenvalue weighted by Crippen LogP contribution is -2.40. The summed E-state index contributed by atoms with van der Waals surface area (Å²) in [5.74, 6) is 0.206. The van der Waals surface area contributed by atoms with Crippen LogP contribution >= 0.6 is 0 Å². The summed E-state index contributed by atoms with van der Waals surface area (Å²) in [6.45, 7) is 6.34. The molecule has 0 bridgehead atoms. The first-order valence-electron chi connectivity index (χ1n) is 7.00. The predicted molar refractivity (Wildman–Crippen MR) is 78.0 cm³/mol. The van der Waals surface area contributed by atoms with Crippen molar-refractivity contribution in [2.75, 3.05) is 7.05 Å². The van der Waals surface area contributed by atoms with Crippen molar-refractivity contribution in [3.63, 3.8) is 0 Å². The van der Waals surface area contributed by atoms with E-state index in [0.717, 1.165) is 12.8 Å². The van der Waals surface area contributed by atoms with Crippen LogP contribution in [0.15, 0.2) is 12.1 Å². The largest absolute Gasteiger partial charge is 0.337 e. The second-order valence-electron chi connectivity index (χ2n) is 5.82. The van der Waals surface area contributed by atoms with Crippen LogP contribution in [0.2, 0.25) is 0 Å². The Kier molecular flexibility index (Phi) is 3.95. The number of carbonyl (C=O) groups excluding carboxylic acids is 1. The van der Waals surface area contributed by atoms with Gasteiger partial charge < -0.3 is 10.6 Å². The smallest absolute Gasteiger partial charge is 0.222 e. The van der Waals surface area contributed by atoms with E-state index < -0.39 is 0 Å². The number of rotatable bonds is 1. The van der Waals surface area contributed by atoms with E-state index in [1.807, 2.05) is 11.9 Å². The van der Waals surface area contributed by atoms with Crippen molar-refractivity contribution >= 4 is 5.91 Å². The molecular formula is C16H24N2O. The van der Waals surface area contributed by atoms with E-state index in [4.69, 9.17) is 5.73 Å². The Labute approximate surface area is 115 Å². The molecule has 1 fully saturated rings. The number of hydrogen-bond acceptors (Lipinski definition) is 2. The van der Waals surface area contributed by atoms with E-state index in [1.165, 1.54) is 22.3 Å². The third kappa shape index (κ3) is 2.66. The molecular weight excluding hydrogens is 236 g/mol. The molecule has 3 heteroatoms. The van der Waals surface area contributed by atoms with Crippen LogP contribution in [-0.2, 0) is 4.79 Å². The predicted octanol–water partition coefficient (Wildman–Crippen LogP) is 2.62. The maximum absolute atomic E-state index is 12.1. The van der Waals surface area contributed by atoms with Gasteiger partial charge in [0.15, 0.2) is 0 Å². The topological polar surface area (TPSA) is 46.3 Å². The number of likely N-dealkylation sites (N-methyl/N-ethyl adjacent to an activating group) is 1. The van der Waals surface area contributed by atoms with Gasteiger partial charge >= 0.3 is 0 Å². The van der Waals surface area contributed by atoms with Gasteiger partial charge in [0, 0.05) is 19.5 Å². The second kappa shape index (κ2) is 5.33. The molecule has 1 aliphatic heterocycles. The fourth-order valence-corrected chi connectivity index (χ4v) is 3.33. The molecule has 0 aliphatic carbocycles. The summed E-state index contributed by atoms with van der Waals surface area (Å²) >= 11 is 0. The Bertz CT molecular complexity index is 473. The SMILES string of the molecule is Cc1cc(C)c(C2C(N)CCCC(=O)N2C)c(C)c1. The van der Waals surface area contributed by atoms with Crippen LogP contribution in [0.3, 0.4) is 0 Å². The van der Waals surface area contributed by atoms with E-state index in [-0.39, 0.29) is 18.0 Å². The first kappa shape index (κ1) is 14.1. The van der Waals surface area contributed by atoms with Gasteiger partial charge in [-0.3, -0.25) is 4.79 Å².